The number of hydrogen-bond donors (Lipinski definition) is 1. The SMILES string of the molecule is C=C(Br)CNCc1ccc(Br)s1. The van der Waals surface area contributed by atoms with Crippen LogP contribution in [0.1, 0.15) is 4.88 Å². The summed E-state index contributed by atoms with van der Waals surface area (Å²) < 4.78 is 2.16. The quantitative estimate of drug-likeness (QED) is 0.897. The molecule has 0 aliphatic rings. The molecular formula is C8H9Br2NS. The Morgan fingerprint density at radius 2 is 2.33 bits per heavy atom. The predicted octanol–water partition coefficient (Wildman–Crippen LogP) is 3.51. The van der Waals surface area contributed by atoms with Gasteiger partial charge in [0.1, 0.15) is 0 Å². The van der Waals surface area contributed by atoms with Crippen molar-refractivity contribution in [3.63, 3.8) is 0 Å². The minimum Gasteiger partial charge on any atom is -0.307 e. The Balaban J connectivity index is 2.29. The number of hydrogen-bond acceptors (Lipinski definition) is 2. The lowest BCUT2D eigenvalue weighted by molar-refractivity contribution is 0.767. The zero-order chi connectivity index (χ0) is 8.97. The summed E-state index contributed by atoms with van der Waals surface area (Å²) in [5, 5.41) is 3.26. The normalized spacial score (nSPS) is 10.2. The Bertz CT molecular complexity index is 270. The van der Waals surface area contributed by atoms with Crippen molar-refractivity contribution in [2.24, 2.45) is 0 Å². The van der Waals surface area contributed by atoms with E-state index in [1.807, 2.05) is 0 Å². The van der Waals surface area contributed by atoms with Gasteiger partial charge in [0.2, 0.25) is 0 Å². The largest absolute Gasteiger partial charge is 0.307 e. The number of rotatable bonds is 4. The van der Waals surface area contributed by atoms with Gasteiger partial charge in [-0.2, -0.15) is 0 Å². The molecule has 0 saturated heterocycles. The molecule has 0 fully saturated rings. The summed E-state index contributed by atoms with van der Waals surface area (Å²) in [7, 11) is 0. The second kappa shape index (κ2) is 5.17. The summed E-state index contributed by atoms with van der Waals surface area (Å²) in [4.78, 5) is 1.33. The van der Waals surface area contributed by atoms with Gasteiger partial charge in [0.25, 0.3) is 0 Å². The average Bonchev–Trinajstić information content (AvgIpc) is 2.35. The Hall–Kier alpha value is 0.360. The molecular weight excluding hydrogens is 302 g/mol. The molecule has 0 unspecified atom stereocenters. The van der Waals surface area contributed by atoms with Gasteiger partial charge in [0.15, 0.2) is 0 Å². The molecule has 0 radical (unpaired) electrons. The van der Waals surface area contributed by atoms with Crippen molar-refractivity contribution in [1.29, 1.82) is 0 Å². The van der Waals surface area contributed by atoms with E-state index in [2.05, 4.69) is 55.9 Å². The van der Waals surface area contributed by atoms with Crippen LogP contribution in [0.2, 0.25) is 0 Å². The van der Waals surface area contributed by atoms with Crippen LogP contribution in [-0.2, 0) is 6.54 Å². The van der Waals surface area contributed by atoms with Crippen molar-refractivity contribution in [2.75, 3.05) is 6.54 Å². The van der Waals surface area contributed by atoms with E-state index < -0.39 is 0 Å². The second-order valence-electron chi connectivity index (χ2n) is 2.33. The standard InChI is InChI=1S/C8H9Br2NS/c1-6(9)4-11-5-7-2-3-8(10)12-7/h2-3,11H,1,4-5H2. The van der Waals surface area contributed by atoms with Gasteiger partial charge in [0, 0.05) is 22.4 Å². The molecule has 1 rings (SSSR count). The molecule has 1 nitrogen and oxygen atoms in total. The molecule has 1 aromatic heterocycles. The molecule has 1 N–H and O–H groups in total. The fourth-order valence-corrected chi connectivity index (χ4v) is 2.42. The molecule has 0 aromatic carbocycles. The first-order valence-corrected chi connectivity index (χ1v) is 5.87. The van der Waals surface area contributed by atoms with Crippen molar-refractivity contribution < 1.29 is 0 Å². The first-order valence-electron chi connectivity index (χ1n) is 3.46. The minimum atomic E-state index is 0.815. The van der Waals surface area contributed by atoms with Gasteiger partial charge in [-0.25, -0.2) is 0 Å². The molecule has 0 atom stereocenters. The van der Waals surface area contributed by atoms with E-state index in [4.69, 9.17) is 0 Å². The van der Waals surface area contributed by atoms with Gasteiger partial charge >= 0.3 is 0 Å². The number of halogens is 2. The van der Waals surface area contributed by atoms with Crippen molar-refractivity contribution in [1.82, 2.24) is 5.32 Å². The maximum Gasteiger partial charge on any atom is 0.0701 e. The van der Waals surface area contributed by atoms with Crippen LogP contribution in [-0.4, -0.2) is 6.54 Å². The minimum absolute atomic E-state index is 0.815. The fraction of sp³-hybridized carbons (Fsp3) is 0.250. The highest BCUT2D eigenvalue weighted by Gasteiger charge is 1.96. The number of thiophene rings is 1. The van der Waals surface area contributed by atoms with Gasteiger partial charge in [-0.05, 0) is 28.1 Å². The molecule has 12 heavy (non-hydrogen) atoms. The van der Waals surface area contributed by atoms with Gasteiger partial charge in [0.05, 0.1) is 3.79 Å². The Kier molecular flexibility index (Phi) is 4.50. The van der Waals surface area contributed by atoms with Gasteiger partial charge < -0.3 is 5.32 Å². The maximum absolute atomic E-state index is 3.74. The Labute approximate surface area is 93.1 Å². The number of nitrogens with one attached hydrogen (secondary N) is 1. The first-order chi connectivity index (χ1) is 5.68. The molecule has 0 saturated carbocycles. The smallest absolute Gasteiger partial charge is 0.0701 e. The van der Waals surface area contributed by atoms with Crippen molar-refractivity contribution in [2.45, 2.75) is 6.54 Å². The third kappa shape index (κ3) is 3.85. The zero-order valence-corrected chi connectivity index (χ0v) is 10.4. The summed E-state index contributed by atoms with van der Waals surface area (Å²) in [5.74, 6) is 0. The summed E-state index contributed by atoms with van der Waals surface area (Å²) in [6.45, 7) is 5.46. The van der Waals surface area contributed by atoms with Crippen LogP contribution in [0.3, 0.4) is 0 Å². The van der Waals surface area contributed by atoms with Crippen LogP contribution in [0.25, 0.3) is 0 Å². The van der Waals surface area contributed by atoms with E-state index in [-0.39, 0.29) is 0 Å². The van der Waals surface area contributed by atoms with Crippen LogP contribution in [0, 0.1) is 0 Å². The molecule has 0 bridgehead atoms. The molecule has 0 aliphatic heterocycles. The van der Waals surface area contributed by atoms with E-state index in [1.165, 1.54) is 8.66 Å². The molecule has 4 heteroatoms. The molecule has 0 amide bonds. The van der Waals surface area contributed by atoms with Crippen LogP contribution < -0.4 is 5.32 Å². The van der Waals surface area contributed by atoms with Crippen LogP contribution >= 0.6 is 43.2 Å². The Morgan fingerprint density at radius 3 is 2.83 bits per heavy atom. The maximum atomic E-state index is 3.74. The Morgan fingerprint density at radius 1 is 1.58 bits per heavy atom. The second-order valence-corrected chi connectivity index (χ2v) is 6.00. The first kappa shape index (κ1) is 10.4. The van der Waals surface area contributed by atoms with E-state index in [0.717, 1.165) is 17.6 Å². The van der Waals surface area contributed by atoms with Gasteiger partial charge in [-0.15, -0.1) is 11.3 Å². The average molecular weight is 311 g/mol. The lowest BCUT2D eigenvalue weighted by Crippen LogP contribution is -2.13. The topological polar surface area (TPSA) is 12.0 Å². The van der Waals surface area contributed by atoms with E-state index in [1.54, 1.807) is 11.3 Å². The summed E-state index contributed by atoms with van der Waals surface area (Å²) in [5.41, 5.74) is 0. The van der Waals surface area contributed by atoms with Crippen molar-refractivity contribution in [3.05, 3.63) is 31.9 Å². The van der Waals surface area contributed by atoms with Gasteiger partial charge in [-0.1, -0.05) is 22.5 Å². The fourth-order valence-electron chi connectivity index (χ4n) is 0.768. The highest BCUT2D eigenvalue weighted by molar-refractivity contribution is 9.11. The lowest BCUT2D eigenvalue weighted by atomic mass is 10.4. The summed E-state index contributed by atoms with van der Waals surface area (Å²) >= 11 is 8.46. The third-order valence-electron chi connectivity index (χ3n) is 1.24. The molecule has 0 spiro atoms. The summed E-state index contributed by atoms with van der Waals surface area (Å²) in [6, 6.07) is 4.17. The highest BCUT2D eigenvalue weighted by atomic mass is 79.9. The molecule has 66 valence electrons. The predicted molar refractivity (Wildman–Crippen MR) is 61.8 cm³/mol. The lowest BCUT2D eigenvalue weighted by Gasteiger charge is -1.99. The van der Waals surface area contributed by atoms with E-state index >= 15 is 0 Å². The van der Waals surface area contributed by atoms with Crippen molar-refractivity contribution in [3.8, 4) is 0 Å². The summed E-state index contributed by atoms with van der Waals surface area (Å²) in [6.07, 6.45) is 0. The van der Waals surface area contributed by atoms with Crippen LogP contribution in [0.15, 0.2) is 27.0 Å². The molecule has 1 heterocycles. The van der Waals surface area contributed by atoms with E-state index in [9.17, 15) is 0 Å². The molecule has 0 aliphatic carbocycles. The highest BCUT2D eigenvalue weighted by Crippen LogP contribution is 2.21. The molecule has 1 aromatic rings. The van der Waals surface area contributed by atoms with Crippen LogP contribution in [0.5, 0.6) is 0 Å². The van der Waals surface area contributed by atoms with E-state index in [0.29, 0.717) is 0 Å². The van der Waals surface area contributed by atoms with Crippen molar-refractivity contribution >= 4 is 43.2 Å². The third-order valence-corrected chi connectivity index (χ3v) is 3.15. The monoisotopic (exact) mass is 309 g/mol. The van der Waals surface area contributed by atoms with Gasteiger partial charge in [-0.3, -0.25) is 0 Å². The zero-order valence-electron chi connectivity index (χ0n) is 6.44. The van der Waals surface area contributed by atoms with Crippen LogP contribution in [0.4, 0.5) is 0 Å².